The topological polar surface area (TPSA) is 108 Å². The summed E-state index contributed by atoms with van der Waals surface area (Å²) in [6.07, 6.45) is 3.74. The summed E-state index contributed by atoms with van der Waals surface area (Å²) >= 11 is 0. The van der Waals surface area contributed by atoms with E-state index < -0.39 is 5.54 Å². The molecule has 8 nitrogen and oxygen atoms in total. The summed E-state index contributed by atoms with van der Waals surface area (Å²) in [4.78, 5) is 12.0. The zero-order chi connectivity index (χ0) is 22.3. The molecule has 0 radical (unpaired) electrons. The molecule has 1 saturated carbocycles. The van der Waals surface area contributed by atoms with Crippen LogP contribution in [0.15, 0.2) is 59.3 Å². The molecule has 1 fully saturated rings. The molecule has 1 atom stereocenters. The van der Waals surface area contributed by atoms with Crippen molar-refractivity contribution in [3.05, 3.63) is 66.1 Å². The van der Waals surface area contributed by atoms with E-state index >= 15 is 0 Å². The Morgan fingerprint density at radius 2 is 2.06 bits per heavy atom. The van der Waals surface area contributed by atoms with Gasteiger partial charge in [0.25, 0.3) is 5.88 Å². The van der Waals surface area contributed by atoms with Crippen molar-refractivity contribution >= 4 is 17.2 Å². The fourth-order valence-corrected chi connectivity index (χ4v) is 3.68. The van der Waals surface area contributed by atoms with Crippen molar-refractivity contribution in [1.29, 1.82) is 0 Å². The number of rotatable bonds is 7. The van der Waals surface area contributed by atoms with Crippen LogP contribution in [0.1, 0.15) is 31.1 Å². The van der Waals surface area contributed by atoms with Crippen LogP contribution >= 0.6 is 0 Å². The van der Waals surface area contributed by atoms with Crippen LogP contribution in [-0.4, -0.2) is 27.3 Å². The molecule has 3 aromatic heterocycles. The van der Waals surface area contributed by atoms with Gasteiger partial charge in [0.05, 0.1) is 16.6 Å². The first-order valence-electron chi connectivity index (χ1n) is 10.6. The Kier molecular flexibility index (Phi) is 4.94. The van der Waals surface area contributed by atoms with E-state index in [9.17, 15) is 4.79 Å². The molecule has 32 heavy (non-hydrogen) atoms. The van der Waals surface area contributed by atoms with Crippen molar-refractivity contribution in [2.24, 2.45) is 11.7 Å². The second-order valence-electron chi connectivity index (χ2n) is 8.57. The highest BCUT2D eigenvalue weighted by Crippen LogP contribution is 2.35. The van der Waals surface area contributed by atoms with Gasteiger partial charge in [0.2, 0.25) is 5.91 Å². The number of anilines is 1. The van der Waals surface area contributed by atoms with Crippen molar-refractivity contribution in [1.82, 2.24) is 14.8 Å². The molecule has 164 valence electrons. The molecule has 3 N–H and O–H groups in total. The maximum absolute atomic E-state index is 12.0. The van der Waals surface area contributed by atoms with Crippen LogP contribution in [0, 0.1) is 12.8 Å². The molecule has 3 heterocycles. The smallest absolute Gasteiger partial charge is 0.262 e. The van der Waals surface area contributed by atoms with Crippen LogP contribution in [0.4, 0.5) is 5.82 Å². The molecule has 1 amide bonds. The van der Waals surface area contributed by atoms with E-state index in [0.717, 1.165) is 35.0 Å². The number of carbonyl (C=O) groups excluding carboxylic acids is 1. The predicted molar refractivity (Wildman–Crippen MR) is 120 cm³/mol. The molecule has 8 heteroatoms. The van der Waals surface area contributed by atoms with E-state index in [2.05, 4.69) is 15.6 Å². The number of nitrogens with one attached hydrogen (secondary N) is 1. The number of aryl methyl sites for hydroxylation is 1. The van der Waals surface area contributed by atoms with E-state index in [-0.39, 0.29) is 18.4 Å². The number of hydrogen-bond acceptors (Lipinski definition) is 6. The molecular formula is C24H25N5O3. The Balaban J connectivity index is 1.39. The van der Waals surface area contributed by atoms with Crippen molar-refractivity contribution in [2.75, 3.05) is 11.9 Å². The Morgan fingerprint density at radius 3 is 2.81 bits per heavy atom. The van der Waals surface area contributed by atoms with Gasteiger partial charge < -0.3 is 20.3 Å². The summed E-state index contributed by atoms with van der Waals surface area (Å²) in [5.41, 5.74) is 9.27. The third-order valence-corrected chi connectivity index (χ3v) is 5.72. The zero-order valence-corrected chi connectivity index (χ0v) is 18.0. The number of nitrogens with zero attached hydrogens (tertiary/aromatic N) is 3. The van der Waals surface area contributed by atoms with Crippen LogP contribution in [0.2, 0.25) is 0 Å². The van der Waals surface area contributed by atoms with Gasteiger partial charge in [0.1, 0.15) is 12.4 Å². The molecule has 4 aromatic rings. The summed E-state index contributed by atoms with van der Waals surface area (Å²) in [7, 11) is 0. The molecule has 1 aromatic carbocycles. The average molecular weight is 431 g/mol. The normalized spacial score (nSPS) is 15.5. The first kappa shape index (κ1) is 20.3. The molecule has 0 saturated heterocycles. The van der Waals surface area contributed by atoms with Gasteiger partial charge in [0.15, 0.2) is 5.82 Å². The number of benzene rings is 1. The zero-order valence-electron chi connectivity index (χ0n) is 18.0. The number of aromatic nitrogens is 3. The van der Waals surface area contributed by atoms with E-state index in [1.54, 1.807) is 4.52 Å². The standard InChI is InChI=1S/C24H25N5O3/c1-15-21(23(28-32-15)31-14-24(2,25)18-6-4-3-5-7-18)17-10-11-29-19(12-17)13-20(27-29)26-22(30)16-8-9-16/h3-7,10-13,16H,8-9,14,25H2,1-2H3,(H,26,27,30)/t24-/m0/s1. The van der Waals surface area contributed by atoms with E-state index in [1.807, 2.05) is 68.6 Å². The van der Waals surface area contributed by atoms with Crippen LogP contribution in [0.5, 0.6) is 5.88 Å². The summed E-state index contributed by atoms with van der Waals surface area (Å²) in [6, 6.07) is 15.5. The first-order valence-corrected chi connectivity index (χ1v) is 10.6. The SMILES string of the molecule is Cc1onc(OC[C@](C)(N)c2ccccc2)c1-c1ccn2nc(NC(=O)C3CC3)cc2c1. The lowest BCUT2D eigenvalue weighted by Crippen LogP contribution is -2.39. The highest BCUT2D eigenvalue weighted by atomic mass is 16.5. The highest BCUT2D eigenvalue weighted by molar-refractivity contribution is 5.93. The monoisotopic (exact) mass is 431 g/mol. The second-order valence-corrected chi connectivity index (χ2v) is 8.57. The van der Waals surface area contributed by atoms with Crippen molar-refractivity contribution in [3.63, 3.8) is 0 Å². The molecule has 5 rings (SSSR count). The Bertz CT molecular complexity index is 1270. The van der Waals surface area contributed by atoms with Gasteiger partial charge in [-0.1, -0.05) is 30.3 Å². The largest absolute Gasteiger partial charge is 0.473 e. The Morgan fingerprint density at radius 1 is 1.28 bits per heavy atom. The molecule has 1 aliphatic rings. The lowest BCUT2D eigenvalue weighted by Gasteiger charge is -2.24. The minimum Gasteiger partial charge on any atom is -0.473 e. The van der Waals surface area contributed by atoms with Gasteiger partial charge in [0, 0.05) is 18.2 Å². The van der Waals surface area contributed by atoms with Crippen LogP contribution in [0.3, 0.4) is 0 Å². The lowest BCUT2D eigenvalue weighted by molar-refractivity contribution is -0.117. The summed E-state index contributed by atoms with van der Waals surface area (Å²) in [6.45, 7) is 4.00. The van der Waals surface area contributed by atoms with Crippen molar-refractivity contribution in [3.8, 4) is 17.0 Å². The van der Waals surface area contributed by atoms with Gasteiger partial charge in [-0.25, -0.2) is 4.52 Å². The third kappa shape index (κ3) is 3.97. The van der Waals surface area contributed by atoms with Crippen LogP contribution < -0.4 is 15.8 Å². The third-order valence-electron chi connectivity index (χ3n) is 5.72. The predicted octanol–water partition coefficient (Wildman–Crippen LogP) is 3.90. The number of carbonyl (C=O) groups is 1. The quantitative estimate of drug-likeness (QED) is 0.460. The number of fused-ring (bicyclic) bond motifs is 1. The van der Waals surface area contributed by atoms with Crippen molar-refractivity contribution < 1.29 is 14.1 Å². The summed E-state index contributed by atoms with van der Waals surface area (Å²) in [5.74, 6) is 1.73. The fraction of sp³-hybridized carbons (Fsp3) is 0.292. The molecule has 1 aliphatic carbocycles. The molecule has 0 spiro atoms. The van der Waals surface area contributed by atoms with Crippen LogP contribution in [-0.2, 0) is 10.3 Å². The van der Waals surface area contributed by atoms with E-state index in [4.69, 9.17) is 15.0 Å². The minimum absolute atomic E-state index is 0.0300. The fourth-order valence-electron chi connectivity index (χ4n) is 3.68. The van der Waals surface area contributed by atoms with Gasteiger partial charge in [-0.2, -0.15) is 5.10 Å². The lowest BCUT2D eigenvalue weighted by atomic mass is 9.94. The van der Waals surface area contributed by atoms with Crippen molar-refractivity contribution in [2.45, 2.75) is 32.2 Å². The number of amides is 1. The summed E-state index contributed by atoms with van der Waals surface area (Å²) < 4.78 is 13.2. The number of pyridine rings is 1. The van der Waals surface area contributed by atoms with Gasteiger partial charge in [-0.05, 0) is 55.1 Å². The molecular weight excluding hydrogens is 406 g/mol. The van der Waals surface area contributed by atoms with E-state index in [1.165, 1.54) is 0 Å². The van der Waals surface area contributed by atoms with Gasteiger partial charge >= 0.3 is 0 Å². The average Bonchev–Trinajstić information content (AvgIpc) is 3.47. The molecule has 0 bridgehead atoms. The van der Waals surface area contributed by atoms with Crippen LogP contribution in [0.25, 0.3) is 16.6 Å². The first-order chi connectivity index (χ1) is 15.4. The number of nitrogens with two attached hydrogens (primary N) is 1. The highest BCUT2D eigenvalue weighted by Gasteiger charge is 2.30. The maximum atomic E-state index is 12.0. The maximum Gasteiger partial charge on any atom is 0.262 e. The summed E-state index contributed by atoms with van der Waals surface area (Å²) in [5, 5.41) is 11.4. The minimum atomic E-state index is -0.685. The second kappa shape index (κ2) is 7.80. The number of hydrogen-bond donors (Lipinski definition) is 2. The number of ether oxygens (including phenoxy) is 1. The Labute approximate surface area is 185 Å². The van der Waals surface area contributed by atoms with E-state index in [0.29, 0.717) is 17.5 Å². The molecule has 0 unspecified atom stereocenters. The van der Waals surface area contributed by atoms with Gasteiger partial charge in [-0.15, -0.1) is 0 Å². The Hall–Kier alpha value is -3.65. The van der Waals surface area contributed by atoms with Gasteiger partial charge in [-0.3, -0.25) is 4.79 Å². The molecule has 0 aliphatic heterocycles.